The van der Waals surface area contributed by atoms with Gasteiger partial charge < -0.3 is 55.3 Å². The van der Waals surface area contributed by atoms with E-state index in [4.69, 9.17) is 44.6 Å². The molecule has 4 unspecified atom stereocenters. The highest BCUT2D eigenvalue weighted by atomic mass is 16.7. The number of nitro benzene ring substituents is 2. The molecule has 2 amide bonds. The summed E-state index contributed by atoms with van der Waals surface area (Å²) in [5, 5.41) is 29.5. The molecule has 1 heterocycles. The number of nitrogens with zero attached hydrogens (tertiary/aromatic N) is 2. The molecule has 19 nitrogen and oxygen atoms in total. The summed E-state index contributed by atoms with van der Waals surface area (Å²) < 4.78 is 40.2. The Hall–Kier alpha value is -5.86. The van der Waals surface area contributed by atoms with Crippen LogP contribution in [0.2, 0.25) is 0 Å². The van der Waals surface area contributed by atoms with Crippen LogP contribution in [0.4, 0.5) is 22.7 Å². The number of benzene rings is 3. The van der Waals surface area contributed by atoms with Gasteiger partial charge in [0, 0.05) is 69.0 Å². The van der Waals surface area contributed by atoms with E-state index in [1.54, 1.807) is 19.3 Å². The van der Waals surface area contributed by atoms with Crippen molar-refractivity contribution in [3.05, 3.63) is 104 Å². The molecule has 296 valence electrons. The van der Waals surface area contributed by atoms with Crippen LogP contribution in [-0.2, 0) is 23.7 Å². The monoisotopic (exact) mass is 768 g/mol. The third-order valence-electron chi connectivity index (χ3n) is 8.26. The molecule has 0 radical (unpaired) electrons. The van der Waals surface area contributed by atoms with Crippen molar-refractivity contribution in [2.75, 3.05) is 64.9 Å². The number of hydrogen-bond donors (Lipinski definition) is 4. The highest BCUT2D eigenvalue weighted by Gasteiger charge is 2.34. The maximum Gasteiger partial charge on any atom is 0.296 e. The number of amides is 2. The minimum Gasteiger partial charge on any atom is -0.494 e. The molecule has 55 heavy (non-hydrogen) atoms. The molecule has 1 saturated heterocycles. The van der Waals surface area contributed by atoms with Crippen molar-refractivity contribution in [3.63, 3.8) is 0 Å². The smallest absolute Gasteiger partial charge is 0.296 e. The molecular formula is C36H44N6O13. The van der Waals surface area contributed by atoms with Crippen molar-refractivity contribution in [2.24, 2.45) is 11.5 Å². The van der Waals surface area contributed by atoms with Gasteiger partial charge in [0.2, 0.25) is 11.8 Å². The Balaban J connectivity index is 1.36. The van der Waals surface area contributed by atoms with E-state index in [1.165, 1.54) is 26.4 Å². The van der Waals surface area contributed by atoms with E-state index in [-0.39, 0.29) is 73.0 Å². The number of nitrogens with one attached hydrogen (secondary N) is 2. The molecule has 19 heteroatoms. The van der Waals surface area contributed by atoms with Crippen molar-refractivity contribution < 1.29 is 52.6 Å². The zero-order chi connectivity index (χ0) is 39.9. The molecule has 3 aromatic carbocycles. The third kappa shape index (κ3) is 11.6. The highest BCUT2D eigenvalue weighted by Crippen LogP contribution is 2.37. The maximum absolute atomic E-state index is 12.0. The first-order chi connectivity index (χ1) is 26.5. The lowest BCUT2D eigenvalue weighted by Gasteiger charge is -2.36. The Morgan fingerprint density at radius 2 is 1.47 bits per heavy atom. The number of primary amides is 2. The number of nitrogens with two attached hydrogens (primary N) is 2. The average molecular weight is 769 g/mol. The number of ether oxygens (including phenoxy) is 7. The largest absolute Gasteiger partial charge is 0.494 e. The first kappa shape index (κ1) is 41.9. The Kier molecular flexibility index (Phi) is 15.7. The summed E-state index contributed by atoms with van der Waals surface area (Å²) in [5.41, 5.74) is 10.5. The Bertz CT molecular complexity index is 1830. The maximum atomic E-state index is 12.0. The first-order valence-electron chi connectivity index (χ1n) is 17.0. The van der Waals surface area contributed by atoms with E-state index in [1.807, 2.05) is 30.3 Å². The predicted octanol–water partition coefficient (Wildman–Crippen LogP) is 4.07. The van der Waals surface area contributed by atoms with Crippen LogP contribution in [-0.4, -0.2) is 94.4 Å². The standard InChI is InChI=1S/C36H44N6O13/c1-49-28-18-23(33(37)43)16-26(41(45)46)31(28)39-12-7-8-13-40-32-27(42(47)48)17-24(34(38)44)19-29(32)52-14-9-15-53-30-20-25(21-54-36(30)51-3)55-35(50-2)22-10-5-4-6-11-22/h4-8,10-11,16-19,25,30,35-36,39-40H,9,12-15,20-21H2,1-3H3,(H2,37,43)(H2,38,44)/b8-7+. The average Bonchev–Trinajstić information content (AvgIpc) is 3.18. The molecule has 4 atom stereocenters. The van der Waals surface area contributed by atoms with Gasteiger partial charge in [0.05, 0.1) is 42.9 Å². The van der Waals surface area contributed by atoms with Crippen molar-refractivity contribution >= 4 is 34.6 Å². The van der Waals surface area contributed by atoms with Crippen LogP contribution < -0.4 is 31.6 Å². The Morgan fingerprint density at radius 1 is 0.891 bits per heavy atom. The van der Waals surface area contributed by atoms with Crippen molar-refractivity contribution in [3.8, 4) is 11.5 Å². The van der Waals surface area contributed by atoms with E-state index in [2.05, 4.69) is 10.6 Å². The van der Waals surface area contributed by atoms with Crippen molar-refractivity contribution in [1.29, 1.82) is 0 Å². The lowest BCUT2D eigenvalue weighted by Crippen LogP contribution is -2.45. The molecule has 0 bridgehead atoms. The van der Waals surface area contributed by atoms with Crippen LogP contribution in [0.5, 0.6) is 11.5 Å². The molecule has 1 aliphatic heterocycles. The number of hydrogen-bond acceptors (Lipinski definition) is 15. The summed E-state index contributed by atoms with van der Waals surface area (Å²) in [6.45, 7) is 0.651. The SMILES string of the molecule is COc1cc(C(N)=O)cc([N+](=O)[O-])c1NC/C=C/CNc1c(OCCCOC2CC(OC(OC)c3ccccc3)COC2OC)cc(C(N)=O)cc1[N+](=O)[O-]. The number of methoxy groups -OCH3 is 3. The van der Waals surface area contributed by atoms with Crippen LogP contribution in [0, 0.1) is 20.2 Å². The summed E-state index contributed by atoms with van der Waals surface area (Å²) in [7, 11) is 4.36. The zero-order valence-electron chi connectivity index (χ0n) is 30.5. The van der Waals surface area contributed by atoms with Crippen LogP contribution in [0.1, 0.15) is 45.4 Å². The molecular weight excluding hydrogens is 724 g/mol. The first-order valence-corrected chi connectivity index (χ1v) is 17.0. The van der Waals surface area contributed by atoms with Gasteiger partial charge in [0.1, 0.15) is 17.6 Å². The summed E-state index contributed by atoms with van der Waals surface area (Å²) in [6.07, 6.45) is 1.97. The summed E-state index contributed by atoms with van der Waals surface area (Å²) in [5.74, 6) is -1.69. The van der Waals surface area contributed by atoms with Gasteiger partial charge in [-0.2, -0.15) is 0 Å². The second-order valence-corrected chi connectivity index (χ2v) is 11.9. The summed E-state index contributed by atoms with van der Waals surface area (Å²) in [4.78, 5) is 46.0. The fourth-order valence-corrected chi connectivity index (χ4v) is 5.63. The molecule has 0 aromatic heterocycles. The Labute approximate surface area is 316 Å². The molecule has 0 aliphatic carbocycles. The van der Waals surface area contributed by atoms with Crippen LogP contribution in [0.3, 0.4) is 0 Å². The van der Waals surface area contributed by atoms with Gasteiger partial charge in [-0.15, -0.1) is 0 Å². The number of anilines is 2. The molecule has 1 fully saturated rings. The van der Waals surface area contributed by atoms with Crippen molar-refractivity contribution in [1.82, 2.24) is 0 Å². The second kappa shape index (κ2) is 20.6. The molecule has 0 spiro atoms. The minimum absolute atomic E-state index is 0.000827. The number of carbonyl (C=O) groups excluding carboxylic acids is 2. The molecule has 3 aromatic rings. The molecule has 1 aliphatic rings. The third-order valence-corrected chi connectivity index (χ3v) is 8.26. The van der Waals surface area contributed by atoms with Gasteiger partial charge in [-0.3, -0.25) is 29.8 Å². The summed E-state index contributed by atoms with van der Waals surface area (Å²) in [6, 6.07) is 14.2. The van der Waals surface area contributed by atoms with E-state index in [0.717, 1.165) is 17.7 Å². The van der Waals surface area contributed by atoms with E-state index >= 15 is 0 Å². The van der Waals surface area contributed by atoms with E-state index in [0.29, 0.717) is 12.8 Å². The van der Waals surface area contributed by atoms with Crippen molar-refractivity contribution in [2.45, 2.75) is 37.6 Å². The van der Waals surface area contributed by atoms with E-state index < -0.39 is 51.7 Å². The van der Waals surface area contributed by atoms with Gasteiger partial charge in [-0.25, -0.2) is 0 Å². The number of carbonyl (C=O) groups is 2. The quantitative estimate of drug-likeness (QED) is 0.0369. The zero-order valence-corrected chi connectivity index (χ0v) is 30.5. The normalized spacial score (nSPS) is 17.3. The van der Waals surface area contributed by atoms with Crippen LogP contribution >= 0.6 is 0 Å². The lowest BCUT2D eigenvalue weighted by molar-refractivity contribution is -0.384. The fraction of sp³-hybridized carbons (Fsp3) is 0.389. The van der Waals surface area contributed by atoms with Gasteiger partial charge in [-0.1, -0.05) is 42.5 Å². The topological polar surface area (TPSA) is 261 Å². The van der Waals surface area contributed by atoms with E-state index in [9.17, 15) is 29.8 Å². The fourth-order valence-electron chi connectivity index (χ4n) is 5.63. The molecule has 0 saturated carbocycles. The van der Waals surface area contributed by atoms with Crippen LogP contribution in [0.15, 0.2) is 66.7 Å². The summed E-state index contributed by atoms with van der Waals surface area (Å²) >= 11 is 0. The lowest BCUT2D eigenvalue weighted by atomic mass is 10.1. The van der Waals surface area contributed by atoms with Gasteiger partial charge in [0.25, 0.3) is 11.4 Å². The second-order valence-electron chi connectivity index (χ2n) is 11.9. The minimum atomic E-state index is -0.884. The van der Waals surface area contributed by atoms with Crippen LogP contribution in [0.25, 0.3) is 0 Å². The molecule has 6 N–H and O–H groups in total. The number of rotatable bonds is 22. The van der Waals surface area contributed by atoms with Gasteiger partial charge in [-0.05, 0) is 12.1 Å². The van der Waals surface area contributed by atoms with Gasteiger partial charge >= 0.3 is 0 Å². The highest BCUT2D eigenvalue weighted by molar-refractivity contribution is 5.96. The number of nitro groups is 2. The Morgan fingerprint density at radius 3 is 2.00 bits per heavy atom. The predicted molar refractivity (Wildman–Crippen MR) is 198 cm³/mol. The van der Waals surface area contributed by atoms with Gasteiger partial charge in [0.15, 0.2) is 24.0 Å². The molecule has 4 rings (SSSR count).